The Morgan fingerprint density at radius 1 is 1.02 bits per heavy atom. The van der Waals surface area contributed by atoms with E-state index in [2.05, 4.69) is 24.9 Å². The van der Waals surface area contributed by atoms with Gasteiger partial charge in [0.1, 0.15) is 17.6 Å². The fourth-order valence-corrected chi connectivity index (χ4v) is 5.05. The first kappa shape index (κ1) is 28.2. The number of amides is 1. The molecule has 7 nitrogen and oxygen atoms in total. The van der Waals surface area contributed by atoms with Gasteiger partial charge in [-0.2, -0.15) is 0 Å². The molecule has 1 aliphatic heterocycles. The van der Waals surface area contributed by atoms with Crippen LogP contribution in [0.3, 0.4) is 0 Å². The van der Waals surface area contributed by atoms with E-state index in [-0.39, 0.29) is 17.8 Å². The van der Waals surface area contributed by atoms with Gasteiger partial charge in [0.2, 0.25) is 0 Å². The summed E-state index contributed by atoms with van der Waals surface area (Å²) >= 11 is 0. The summed E-state index contributed by atoms with van der Waals surface area (Å²) in [6.45, 7) is 6.51. The van der Waals surface area contributed by atoms with Gasteiger partial charge < -0.3 is 19.8 Å². The van der Waals surface area contributed by atoms with Crippen molar-refractivity contribution in [2.24, 2.45) is 0 Å². The number of aryl methyl sites for hydroxylation is 2. The number of rotatable bonds is 8. The highest BCUT2D eigenvalue weighted by Gasteiger charge is 2.31. The number of benzene rings is 3. The van der Waals surface area contributed by atoms with Crippen molar-refractivity contribution < 1.29 is 27.4 Å². The lowest BCUT2D eigenvalue weighted by Gasteiger charge is -2.31. The van der Waals surface area contributed by atoms with Crippen molar-refractivity contribution in [2.75, 3.05) is 18.4 Å². The quantitative estimate of drug-likeness (QED) is 0.244. The maximum Gasteiger partial charge on any atom is 0.573 e. The molecule has 0 unspecified atom stereocenters. The Morgan fingerprint density at radius 3 is 2.44 bits per heavy atom. The number of carbonyl (C=O) groups excluding carboxylic acids is 1. The second-order valence-electron chi connectivity index (χ2n) is 10.1. The van der Waals surface area contributed by atoms with Crippen LogP contribution in [-0.2, 0) is 6.54 Å². The van der Waals surface area contributed by atoms with Gasteiger partial charge in [0.05, 0.1) is 12.0 Å². The van der Waals surface area contributed by atoms with E-state index in [0.29, 0.717) is 28.1 Å². The Hall–Kier alpha value is -4.31. The van der Waals surface area contributed by atoms with Gasteiger partial charge in [-0.05, 0) is 73.7 Å². The van der Waals surface area contributed by atoms with Crippen molar-refractivity contribution in [3.8, 4) is 22.6 Å². The van der Waals surface area contributed by atoms with E-state index in [1.807, 2.05) is 32.0 Å². The predicted molar refractivity (Wildman–Crippen MR) is 150 cm³/mol. The van der Waals surface area contributed by atoms with Crippen molar-refractivity contribution in [1.29, 1.82) is 0 Å². The second-order valence-corrected chi connectivity index (χ2v) is 10.1. The van der Waals surface area contributed by atoms with Gasteiger partial charge in [-0.25, -0.2) is 4.98 Å². The smallest absolute Gasteiger partial charge is 0.490 e. The molecule has 1 fully saturated rings. The van der Waals surface area contributed by atoms with Gasteiger partial charge in [0.25, 0.3) is 5.91 Å². The van der Waals surface area contributed by atoms with E-state index < -0.39 is 6.36 Å². The summed E-state index contributed by atoms with van der Waals surface area (Å²) in [6.07, 6.45) is -1.20. The monoisotopic (exact) mass is 564 g/mol. The number of nitrogens with zero attached hydrogens (tertiary/aromatic N) is 2. The number of hydrogen-bond donors (Lipinski definition) is 2. The standard InChI is InChI=1S/C31H31F3N4O3/c1-20-5-3-8-27(29(20)22-9-11-25(12-10-22)41-31(32,33)34)30(39)37-23-6-4-7-26(17-23)40-24-13-15-38(16-14-24)18-28-21(2)35-19-36-28/h3-12,17,19,24H,13-16,18H2,1-2H3,(H,35,36)(H,37,39). The summed E-state index contributed by atoms with van der Waals surface area (Å²) in [5, 5.41) is 2.94. The van der Waals surface area contributed by atoms with Crippen LogP contribution in [0.1, 0.15) is 40.2 Å². The van der Waals surface area contributed by atoms with E-state index in [9.17, 15) is 18.0 Å². The minimum atomic E-state index is -4.77. The lowest BCUT2D eigenvalue weighted by Crippen LogP contribution is -2.38. The Balaban J connectivity index is 1.23. The van der Waals surface area contributed by atoms with Crippen molar-refractivity contribution in [1.82, 2.24) is 14.9 Å². The number of imidazole rings is 1. The maximum atomic E-state index is 13.4. The van der Waals surface area contributed by atoms with Gasteiger partial charge in [0, 0.05) is 42.6 Å². The van der Waals surface area contributed by atoms with E-state index in [0.717, 1.165) is 49.4 Å². The molecule has 1 aromatic heterocycles. The van der Waals surface area contributed by atoms with Gasteiger partial charge in [-0.15, -0.1) is 13.2 Å². The van der Waals surface area contributed by atoms with Crippen LogP contribution in [0.4, 0.5) is 18.9 Å². The van der Waals surface area contributed by atoms with Crippen molar-refractivity contribution in [2.45, 2.75) is 45.7 Å². The molecule has 0 spiro atoms. The molecular formula is C31H31F3N4O3. The summed E-state index contributed by atoms with van der Waals surface area (Å²) in [7, 11) is 0. The number of aromatic nitrogens is 2. The minimum Gasteiger partial charge on any atom is -0.490 e. The lowest BCUT2D eigenvalue weighted by molar-refractivity contribution is -0.274. The summed E-state index contributed by atoms with van der Waals surface area (Å²) in [5.74, 6) is 0.0173. The minimum absolute atomic E-state index is 0.0742. The molecule has 0 atom stereocenters. The molecule has 2 heterocycles. The zero-order chi connectivity index (χ0) is 29.0. The highest BCUT2D eigenvalue weighted by molar-refractivity contribution is 6.09. The summed E-state index contributed by atoms with van der Waals surface area (Å²) in [4.78, 5) is 23.2. The topological polar surface area (TPSA) is 79.5 Å². The highest BCUT2D eigenvalue weighted by atomic mass is 19.4. The Bertz CT molecular complexity index is 1490. The average Bonchev–Trinajstić information content (AvgIpc) is 3.33. The summed E-state index contributed by atoms with van der Waals surface area (Å²) in [6, 6.07) is 18.1. The van der Waals surface area contributed by atoms with Crippen LogP contribution < -0.4 is 14.8 Å². The van der Waals surface area contributed by atoms with Crippen LogP contribution in [0.25, 0.3) is 11.1 Å². The van der Waals surface area contributed by atoms with Gasteiger partial charge >= 0.3 is 6.36 Å². The molecule has 3 aromatic carbocycles. The van der Waals surface area contributed by atoms with Gasteiger partial charge in [-0.1, -0.05) is 30.3 Å². The maximum absolute atomic E-state index is 13.4. The van der Waals surface area contributed by atoms with E-state index in [1.165, 1.54) is 24.3 Å². The third kappa shape index (κ3) is 7.26. The molecular weight excluding hydrogens is 533 g/mol. The SMILES string of the molecule is Cc1cccc(C(=O)Nc2cccc(OC3CCN(Cc4nc[nH]c4C)CC3)c2)c1-c1ccc(OC(F)(F)F)cc1. The Labute approximate surface area is 236 Å². The molecule has 0 aliphatic carbocycles. The molecule has 4 aromatic rings. The fourth-order valence-electron chi connectivity index (χ4n) is 5.05. The number of aromatic amines is 1. The number of H-pyrrole nitrogens is 1. The van der Waals surface area contributed by atoms with Gasteiger partial charge in [0.15, 0.2) is 0 Å². The molecule has 10 heteroatoms. The van der Waals surface area contributed by atoms with Crippen molar-refractivity contribution in [3.05, 3.63) is 95.6 Å². The fraction of sp³-hybridized carbons (Fsp3) is 0.290. The van der Waals surface area contributed by atoms with E-state index >= 15 is 0 Å². The first-order valence-electron chi connectivity index (χ1n) is 13.4. The van der Waals surface area contributed by atoms with Crippen LogP contribution in [0.2, 0.25) is 0 Å². The number of likely N-dealkylation sites (tertiary alicyclic amines) is 1. The number of piperidine rings is 1. The first-order valence-corrected chi connectivity index (χ1v) is 13.4. The number of anilines is 1. The molecule has 1 amide bonds. The average molecular weight is 565 g/mol. The van der Waals surface area contributed by atoms with E-state index in [1.54, 1.807) is 30.6 Å². The van der Waals surface area contributed by atoms with Crippen LogP contribution in [-0.4, -0.2) is 46.3 Å². The lowest BCUT2D eigenvalue weighted by atomic mass is 9.94. The molecule has 214 valence electrons. The molecule has 0 saturated carbocycles. The molecule has 41 heavy (non-hydrogen) atoms. The van der Waals surface area contributed by atoms with E-state index in [4.69, 9.17) is 4.74 Å². The van der Waals surface area contributed by atoms with Crippen LogP contribution in [0.15, 0.2) is 73.1 Å². The molecule has 2 N–H and O–H groups in total. The Morgan fingerprint density at radius 2 is 1.76 bits per heavy atom. The second kappa shape index (κ2) is 12.1. The number of carbonyl (C=O) groups is 1. The zero-order valence-electron chi connectivity index (χ0n) is 22.8. The summed E-state index contributed by atoms with van der Waals surface area (Å²) < 4.78 is 47.9. The number of nitrogens with one attached hydrogen (secondary N) is 2. The number of alkyl halides is 3. The van der Waals surface area contributed by atoms with Crippen LogP contribution >= 0.6 is 0 Å². The molecule has 0 radical (unpaired) electrons. The van der Waals surface area contributed by atoms with Crippen molar-refractivity contribution in [3.63, 3.8) is 0 Å². The first-order chi connectivity index (χ1) is 19.6. The predicted octanol–water partition coefficient (Wildman–Crippen LogP) is 6.89. The number of hydrogen-bond acceptors (Lipinski definition) is 5. The van der Waals surface area contributed by atoms with Crippen LogP contribution in [0, 0.1) is 13.8 Å². The normalized spacial score (nSPS) is 14.6. The Kier molecular flexibility index (Phi) is 8.30. The zero-order valence-corrected chi connectivity index (χ0v) is 22.8. The number of ether oxygens (including phenoxy) is 2. The molecule has 1 aliphatic rings. The summed E-state index contributed by atoms with van der Waals surface area (Å²) in [5.41, 5.74) is 5.19. The third-order valence-corrected chi connectivity index (χ3v) is 7.13. The molecule has 5 rings (SSSR count). The van der Waals surface area contributed by atoms with Crippen LogP contribution in [0.5, 0.6) is 11.5 Å². The highest BCUT2D eigenvalue weighted by Crippen LogP contribution is 2.32. The number of halogens is 3. The van der Waals surface area contributed by atoms with Crippen molar-refractivity contribution >= 4 is 11.6 Å². The van der Waals surface area contributed by atoms with Gasteiger partial charge in [-0.3, -0.25) is 9.69 Å². The largest absolute Gasteiger partial charge is 0.573 e. The molecule has 0 bridgehead atoms. The third-order valence-electron chi connectivity index (χ3n) is 7.13. The molecule has 1 saturated heterocycles.